The number of H-pyrrole nitrogens is 1. The van der Waals surface area contributed by atoms with Crippen molar-refractivity contribution >= 4 is 16.8 Å². The number of carbonyl (C=O) groups excluding carboxylic acids is 1. The summed E-state index contributed by atoms with van der Waals surface area (Å²) in [6.07, 6.45) is 3.70. The quantitative estimate of drug-likeness (QED) is 0.368. The molecule has 2 aromatic carbocycles. The summed E-state index contributed by atoms with van der Waals surface area (Å²) in [5.74, 6) is 0.522. The molecule has 0 aliphatic carbocycles. The molecule has 0 saturated carbocycles. The topological polar surface area (TPSA) is 118 Å². The molecule has 1 amide bonds. The van der Waals surface area contributed by atoms with Gasteiger partial charge in [0.05, 0.1) is 24.3 Å². The zero-order valence-electron chi connectivity index (χ0n) is 22.7. The maximum Gasteiger partial charge on any atom is 0.257 e. The van der Waals surface area contributed by atoms with E-state index >= 15 is 0 Å². The summed E-state index contributed by atoms with van der Waals surface area (Å²) >= 11 is 0. The molecule has 0 radical (unpaired) electrons. The summed E-state index contributed by atoms with van der Waals surface area (Å²) in [6.45, 7) is 4.57. The van der Waals surface area contributed by atoms with E-state index in [2.05, 4.69) is 22.2 Å². The zero-order chi connectivity index (χ0) is 27.6. The van der Waals surface area contributed by atoms with Gasteiger partial charge >= 0.3 is 0 Å². The molecule has 0 bridgehead atoms. The number of phenolic OH excluding ortho intramolecular Hbond substituents is 1. The van der Waals surface area contributed by atoms with E-state index in [4.69, 9.17) is 4.74 Å². The Hall–Kier alpha value is -3.40. The number of phenols is 1. The summed E-state index contributed by atoms with van der Waals surface area (Å²) in [6, 6.07) is 11.7. The number of methoxy groups -OCH3 is 1. The van der Waals surface area contributed by atoms with Crippen LogP contribution in [0, 0.1) is 5.41 Å². The lowest BCUT2D eigenvalue weighted by molar-refractivity contribution is 0.0350. The first kappa shape index (κ1) is 27.2. The molecule has 3 heterocycles. The Morgan fingerprint density at radius 3 is 2.51 bits per heavy atom. The molecule has 1 spiro atoms. The smallest absolute Gasteiger partial charge is 0.257 e. The van der Waals surface area contributed by atoms with E-state index in [9.17, 15) is 19.8 Å². The minimum Gasteiger partial charge on any atom is -0.506 e. The lowest BCUT2D eigenvalue weighted by Crippen LogP contribution is -2.47. The molecule has 3 aromatic rings. The largest absolute Gasteiger partial charge is 0.506 e. The van der Waals surface area contributed by atoms with Gasteiger partial charge in [0.15, 0.2) is 0 Å². The van der Waals surface area contributed by atoms with Gasteiger partial charge in [-0.2, -0.15) is 0 Å². The van der Waals surface area contributed by atoms with Crippen molar-refractivity contribution in [3.05, 3.63) is 69.5 Å². The van der Waals surface area contributed by atoms with E-state index in [1.165, 1.54) is 25.0 Å². The number of nitrogens with zero attached hydrogens (tertiary/aromatic N) is 2. The Bertz CT molecular complexity index is 1390. The number of benzene rings is 2. The lowest BCUT2D eigenvalue weighted by atomic mass is 9.71. The fourth-order valence-electron chi connectivity index (χ4n) is 5.98. The second-order valence-electron chi connectivity index (χ2n) is 11.1. The first-order valence-corrected chi connectivity index (χ1v) is 13.7. The summed E-state index contributed by atoms with van der Waals surface area (Å²) in [4.78, 5) is 32.0. The Morgan fingerprint density at radius 2 is 1.79 bits per heavy atom. The van der Waals surface area contributed by atoms with E-state index in [1.807, 2.05) is 23.1 Å². The number of hydrogen-bond acceptors (Lipinski definition) is 7. The predicted octanol–water partition coefficient (Wildman–Crippen LogP) is 3.01. The van der Waals surface area contributed by atoms with Crippen molar-refractivity contribution in [3.63, 3.8) is 0 Å². The van der Waals surface area contributed by atoms with Crippen LogP contribution in [0.25, 0.3) is 10.9 Å². The Balaban J connectivity index is 1.19. The van der Waals surface area contributed by atoms with Crippen molar-refractivity contribution in [1.29, 1.82) is 0 Å². The SMILES string of the molecule is COc1cc(CNC[C@H](O)c2ccc(O)c3[nH]c(=O)ccc23)ccc1C(=O)N1CCC2(CCN(C)CC2)CC1. The van der Waals surface area contributed by atoms with Crippen LogP contribution in [0.1, 0.15) is 53.3 Å². The number of likely N-dealkylation sites (tertiary alicyclic amines) is 2. The number of nitrogens with one attached hydrogen (secondary N) is 2. The van der Waals surface area contributed by atoms with E-state index in [0.717, 1.165) is 44.6 Å². The van der Waals surface area contributed by atoms with Crippen molar-refractivity contribution in [2.45, 2.75) is 38.3 Å². The van der Waals surface area contributed by atoms with Crippen LogP contribution in [0.4, 0.5) is 0 Å². The molecule has 1 aromatic heterocycles. The van der Waals surface area contributed by atoms with Crippen LogP contribution in [0.5, 0.6) is 11.5 Å². The Morgan fingerprint density at radius 1 is 1.08 bits per heavy atom. The highest BCUT2D eigenvalue weighted by Gasteiger charge is 2.38. The molecule has 9 heteroatoms. The lowest BCUT2D eigenvalue weighted by Gasteiger charge is -2.46. The summed E-state index contributed by atoms with van der Waals surface area (Å²) in [5.41, 5.74) is 2.48. The highest BCUT2D eigenvalue weighted by atomic mass is 16.5. The number of rotatable bonds is 7. The van der Waals surface area contributed by atoms with Crippen LogP contribution in [-0.4, -0.2) is 77.8 Å². The average Bonchev–Trinajstić information content (AvgIpc) is 2.95. The molecule has 2 fully saturated rings. The van der Waals surface area contributed by atoms with Crippen LogP contribution in [0.15, 0.2) is 47.3 Å². The number of aliphatic hydroxyl groups is 1. The molecular weight excluding hydrogens is 496 g/mol. The maximum absolute atomic E-state index is 13.4. The van der Waals surface area contributed by atoms with Crippen molar-refractivity contribution in [1.82, 2.24) is 20.1 Å². The summed E-state index contributed by atoms with van der Waals surface area (Å²) < 4.78 is 5.60. The van der Waals surface area contributed by atoms with Crippen LogP contribution in [0.3, 0.4) is 0 Å². The van der Waals surface area contributed by atoms with E-state index < -0.39 is 6.10 Å². The van der Waals surface area contributed by atoms with Gasteiger partial charge in [0.1, 0.15) is 11.5 Å². The third-order valence-corrected chi connectivity index (χ3v) is 8.59. The minimum atomic E-state index is -0.853. The molecule has 2 aliphatic rings. The van der Waals surface area contributed by atoms with Crippen LogP contribution in [-0.2, 0) is 6.54 Å². The second kappa shape index (κ2) is 11.4. The third-order valence-electron chi connectivity index (χ3n) is 8.59. The maximum atomic E-state index is 13.4. The molecule has 4 N–H and O–H groups in total. The molecule has 2 saturated heterocycles. The number of aromatic amines is 1. The van der Waals surface area contributed by atoms with Crippen molar-refractivity contribution in [2.24, 2.45) is 5.41 Å². The van der Waals surface area contributed by atoms with Crippen LogP contribution in [0.2, 0.25) is 0 Å². The fourth-order valence-corrected chi connectivity index (χ4v) is 5.98. The molecule has 39 heavy (non-hydrogen) atoms. The van der Waals surface area contributed by atoms with Crippen LogP contribution >= 0.6 is 0 Å². The number of amides is 1. The fraction of sp³-hybridized carbons (Fsp3) is 0.467. The number of aromatic nitrogens is 1. The van der Waals surface area contributed by atoms with E-state index in [-0.39, 0.29) is 23.8 Å². The second-order valence-corrected chi connectivity index (χ2v) is 11.1. The molecule has 0 unspecified atom stereocenters. The molecule has 2 aliphatic heterocycles. The van der Waals surface area contributed by atoms with Gasteiger partial charge in [-0.25, -0.2) is 0 Å². The molecule has 208 valence electrons. The minimum absolute atomic E-state index is 0.0156. The number of hydrogen-bond donors (Lipinski definition) is 4. The summed E-state index contributed by atoms with van der Waals surface area (Å²) in [7, 11) is 3.76. The van der Waals surface area contributed by atoms with Crippen LogP contribution < -0.4 is 15.6 Å². The van der Waals surface area contributed by atoms with Gasteiger partial charge in [0.25, 0.3) is 5.91 Å². The van der Waals surface area contributed by atoms with Gasteiger partial charge in [-0.1, -0.05) is 12.1 Å². The zero-order valence-corrected chi connectivity index (χ0v) is 22.7. The molecular formula is C30H38N4O5. The first-order chi connectivity index (χ1) is 18.8. The van der Waals surface area contributed by atoms with Gasteiger partial charge < -0.3 is 35.1 Å². The normalized spacial score (nSPS) is 18.4. The number of carbonyl (C=O) groups is 1. The van der Waals surface area contributed by atoms with Crippen molar-refractivity contribution in [3.8, 4) is 11.5 Å². The van der Waals surface area contributed by atoms with E-state index in [0.29, 0.717) is 39.7 Å². The number of fused-ring (bicyclic) bond motifs is 1. The Kier molecular flexibility index (Phi) is 7.93. The predicted molar refractivity (Wildman–Crippen MR) is 150 cm³/mol. The highest BCUT2D eigenvalue weighted by molar-refractivity contribution is 5.97. The summed E-state index contributed by atoms with van der Waals surface area (Å²) in [5, 5.41) is 24.7. The van der Waals surface area contributed by atoms with Crippen molar-refractivity contribution in [2.75, 3.05) is 46.9 Å². The van der Waals surface area contributed by atoms with Gasteiger partial charge in [-0.15, -0.1) is 0 Å². The van der Waals surface area contributed by atoms with Gasteiger partial charge in [0.2, 0.25) is 5.56 Å². The van der Waals surface area contributed by atoms with Crippen molar-refractivity contribution < 1.29 is 19.7 Å². The first-order valence-electron chi connectivity index (χ1n) is 13.7. The number of aromatic hydroxyl groups is 1. The molecule has 1 atom stereocenters. The number of pyridine rings is 1. The molecule has 9 nitrogen and oxygen atoms in total. The number of aliphatic hydroxyl groups excluding tert-OH is 1. The van der Waals surface area contributed by atoms with Gasteiger partial charge in [-0.3, -0.25) is 9.59 Å². The van der Waals surface area contributed by atoms with Gasteiger partial charge in [-0.05, 0) is 86.6 Å². The number of ether oxygens (including phenoxy) is 1. The number of piperidine rings is 2. The standard InChI is InChI=1S/C30H38N4O5/c1-33-13-9-30(10-14-33)11-15-34(16-12-30)29(38)23-4-3-20(17-26(23)39-2)18-31-19-25(36)21-5-7-24(35)28-22(21)6-8-27(37)32-28/h3-8,17,25,31,35-36H,9-16,18-19H2,1-2H3,(H,32,37)/t25-/m0/s1. The monoisotopic (exact) mass is 534 g/mol. The van der Waals surface area contributed by atoms with E-state index in [1.54, 1.807) is 19.2 Å². The third kappa shape index (κ3) is 5.80. The Labute approximate surface area is 228 Å². The van der Waals surface area contributed by atoms with Gasteiger partial charge in [0, 0.05) is 37.6 Å². The molecule has 5 rings (SSSR count). The highest BCUT2D eigenvalue weighted by Crippen LogP contribution is 2.41. The average molecular weight is 535 g/mol.